The summed E-state index contributed by atoms with van der Waals surface area (Å²) in [6, 6.07) is 0. The molecule has 2 aliphatic heterocycles. The lowest BCUT2D eigenvalue weighted by Crippen LogP contribution is -2.67. The molecule has 0 aromatic heterocycles. The Balaban J connectivity index is 2.76. The number of carboxylic acid groups (broad SMARTS) is 4. The second-order valence-electron chi connectivity index (χ2n) is 9.99. The zero-order valence-electron chi connectivity index (χ0n) is 20.5. The predicted molar refractivity (Wildman–Crippen MR) is 117 cm³/mol. The van der Waals surface area contributed by atoms with Gasteiger partial charge in [0.15, 0.2) is 22.4 Å². The molecule has 34 heavy (non-hydrogen) atoms. The highest BCUT2D eigenvalue weighted by atomic mass is 16.7. The molecule has 2 heterocycles. The largest absolute Gasteiger partial charge is 0.489 e. The number of rotatable bonds is 9. The molecule has 2 fully saturated rings. The standard InChI is InChI=1S/C20H32B2O12/c1-9(2)17(13(23)24)18(10(3)4,14(25)26)32-21(31-17)22-33-19(11(5)6,15(27)28)20(34-22,12(7)8)16(29)30/h9-12H,1-8H3,(H,23,24)(H,25,26)(H,27,28)(H,29,30)/t17-,18-,19-,20-/m1/s1. The van der Waals surface area contributed by atoms with Gasteiger partial charge in [-0.05, 0) is 23.7 Å². The lowest BCUT2D eigenvalue weighted by Gasteiger charge is -2.43. The molecule has 2 rings (SSSR count). The highest BCUT2D eigenvalue weighted by molar-refractivity contribution is 7.11. The molecule has 4 N–H and O–H groups in total. The molecule has 0 unspecified atom stereocenters. The van der Waals surface area contributed by atoms with E-state index in [-0.39, 0.29) is 0 Å². The first-order valence-corrected chi connectivity index (χ1v) is 11.1. The summed E-state index contributed by atoms with van der Waals surface area (Å²) in [5, 5.41) is 40.6. The van der Waals surface area contributed by atoms with E-state index < -0.39 is 84.0 Å². The number of hydrogen-bond donors (Lipinski definition) is 4. The Hall–Kier alpha value is -2.15. The molecule has 0 aromatic rings. The summed E-state index contributed by atoms with van der Waals surface area (Å²) in [7, 11) is -3.70. The average Bonchev–Trinajstić information content (AvgIpc) is 3.25. The first-order chi connectivity index (χ1) is 15.4. The Bertz CT molecular complexity index is 738. The van der Waals surface area contributed by atoms with Crippen LogP contribution >= 0.6 is 0 Å². The van der Waals surface area contributed by atoms with Gasteiger partial charge in [-0.3, -0.25) is 0 Å². The van der Waals surface area contributed by atoms with Crippen molar-refractivity contribution in [1.82, 2.24) is 0 Å². The molecule has 2 saturated heterocycles. The molecule has 0 spiro atoms. The summed E-state index contributed by atoms with van der Waals surface area (Å²) < 4.78 is 23.0. The number of carboxylic acids is 4. The summed E-state index contributed by atoms with van der Waals surface area (Å²) in [5.74, 6) is -10.2. The van der Waals surface area contributed by atoms with Gasteiger partial charge in [0.25, 0.3) is 0 Å². The highest BCUT2D eigenvalue weighted by Gasteiger charge is 2.81. The van der Waals surface area contributed by atoms with Crippen LogP contribution in [0.3, 0.4) is 0 Å². The second-order valence-corrected chi connectivity index (χ2v) is 9.99. The number of carbonyl (C=O) groups is 4. The fourth-order valence-corrected chi connectivity index (χ4v) is 5.44. The maximum absolute atomic E-state index is 12.5. The van der Waals surface area contributed by atoms with Crippen molar-refractivity contribution in [2.45, 2.75) is 77.8 Å². The zero-order valence-corrected chi connectivity index (χ0v) is 20.5. The maximum Gasteiger partial charge on any atom is 0.489 e. The summed E-state index contributed by atoms with van der Waals surface area (Å²) in [6.07, 6.45) is 0. The molecule has 0 aromatic carbocycles. The van der Waals surface area contributed by atoms with Crippen molar-refractivity contribution in [2.75, 3.05) is 0 Å². The van der Waals surface area contributed by atoms with Crippen molar-refractivity contribution in [2.24, 2.45) is 23.7 Å². The molecule has 0 bridgehead atoms. The van der Waals surface area contributed by atoms with Crippen LogP contribution in [0.1, 0.15) is 55.4 Å². The second kappa shape index (κ2) is 8.81. The summed E-state index contributed by atoms with van der Waals surface area (Å²) in [5.41, 5.74) is -9.67. The normalized spacial score (nSPS) is 34.0. The van der Waals surface area contributed by atoms with Gasteiger partial charge in [0.05, 0.1) is 0 Å². The predicted octanol–water partition coefficient (Wildman–Crippen LogP) is 1.05. The molecular weight excluding hydrogens is 454 g/mol. The maximum atomic E-state index is 12.5. The van der Waals surface area contributed by atoms with Gasteiger partial charge in [-0.15, -0.1) is 0 Å². The molecule has 190 valence electrons. The molecule has 0 saturated carbocycles. The molecule has 2 aliphatic rings. The van der Waals surface area contributed by atoms with E-state index in [1.807, 2.05) is 0 Å². The summed E-state index contributed by atoms with van der Waals surface area (Å²) in [6.45, 7) is 11.6. The molecule has 14 heteroatoms. The van der Waals surface area contributed by atoms with Gasteiger partial charge in [0, 0.05) is 0 Å². The lowest BCUT2D eigenvalue weighted by molar-refractivity contribution is -0.193. The van der Waals surface area contributed by atoms with Crippen molar-refractivity contribution in [3.63, 3.8) is 0 Å². The van der Waals surface area contributed by atoms with E-state index in [1.54, 1.807) is 0 Å². The number of aliphatic carboxylic acids is 4. The topological polar surface area (TPSA) is 186 Å². The minimum Gasteiger partial charge on any atom is -0.479 e. The first-order valence-electron chi connectivity index (χ1n) is 11.1. The van der Waals surface area contributed by atoms with E-state index in [1.165, 1.54) is 55.4 Å². The van der Waals surface area contributed by atoms with Crippen LogP contribution in [-0.4, -0.2) is 80.7 Å². The van der Waals surface area contributed by atoms with Gasteiger partial charge in [-0.25, -0.2) is 19.2 Å². The van der Waals surface area contributed by atoms with Gasteiger partial charge in [0.2, 0.25) is 0 Å². The fourth-order valence-electron chi connectivity index (χ4n) is 5.44. The third-order valence-electron chi connectivity index (χ3n) is 7.06. The SMILES string of the molecule is CC(C)[C@]1(C(=O)O)OB(B2O[C@@](C(=O)O)(C(C)C)[C@](C(=O)O)(C(C)C)O2)O[C@@]1(C(=O)O)C(C)C. The van der Waals surface area contributed by atoms with Crippen LogP contribution in [0.15, 0.2) is 0 Å². The van der Waals surface area contributed by atoms with Crippen LogP contribution in [0, 0.1) is 23.7 Å². The first kappa shape index (κ1) is 28.1. The Morgan fingerprint density at radius 2 is 0.618 bits per heavy atom. The molecule has 0 radical (unpaired) electrons. The van der Waals surface area contributed by atoms with Crippen molar-refractivity contribution >= 4 is 37.9 Å². The van der Waals surface area contributed by atoms with Crippen molar-refractivity contribution in [3.05, 3.63) is 0 Å². The van der Waals surface area contributed by atoms with Crippen molar-refractivity contribution in [3.8, 4) is 0 Å². The lowest BCUT2D eigenvalue weighted by atomic mass is 9.49. The van der Waals surface area contributed by atoms with E-state index in [0.717, 1.165) is 0 Å². The molecular formula is C20H32B2O12. The highest BCUT2D eigenvalue weighted by Crippen LogP contribution is 2.53. The van der Waals surface area contributed by atoms with Gasteiger partial charge < -0.3 is 39.0 Å². The molecule has 4 atom stereocenters. The Morgan fingerprint density at radius 1 is 0.471 bits per heavy atom. The van der Waals surface area contributed by atoms with Crippen LogP contribution in [0.25, 0.3) is 0 Å². The Kier molecular flexibility index (Phi) is 7.28. The Morgan fingerprint density at radius 3 is 0.706 bits per heavy atom. The monoisotopic (exact) mass is 486 g/mol. The third kappa shape index (κ3) is 3.22. The van der Waals surface area contributed by atoms with E-state index in [2.05, 4.69) is 0 Å². The zero-order chi connectivity index (χ0) is 26.6. The average molecular weight is 486 g/mol. The van der Waals surface area contributed by atoms with Gasteiger partial charge >= 0.3 is 37.9 Å². The molecule has 0 aliphatic carbocycles. The quantitative estimate of drug-likeness (QED) is 0.340. The van der Waals surface area contributed by atoms with Gasteiger partial charge in [0.1, 0.15) is 0 Å². The van der Waals surface area contributed by atoms with E-state index in [0.29, 0.717) is 0 Å². The Labute approximate surface area is 198 Å². The van der Waals surface area contributed by atoms with Gasteiger partial charge in [-0.2, -0.15) is 0 Å². The molecule has 12 nitrogen and oxygen atoms in total. The van der Waals surface area contributed by atoms with Crippen LogP contribution < -0.4 is 0 Å². The third-order valence-corrected chi connectivity index (χ3v) is 7.06. The van der Waals surface area contributed by atoms with E-state index >= 15 is 0 Å². The van der Waals surface area contributed by atoms with Crippen LogP contribution in [0.5, 0.6) is 0 Å². The van der Waals surface area contributed by atoms with Crippen molar-refractivity contribution in [1.29, 1.82) is 0 Å². The minimum atomic E-state index is -2.42. The number of hydrogen-bond acceptors (Lipinski definition) is 8. The van der Waals surface area contributed by atoms with Crippen LogP contribution in [0.4, 0.5) is 0 Å². The van der Waals surface area contributed by atoms with Crippen LogP contribution in [0.2, 0.25) is 0 Å². The summed E-state index contributed by atoms with van der Waals surface area (Å²) >= 11 is 0. The molecule has 0 amide bonds. The smallest absolute Gasteiger partial charge is 0.479 e. The fraction of sp³-hybridized carbons (Fsp3) is 0.800. The van der Waals surface area contributed by atoms with E-state index in [9.17, 15) is 39.6 Å². The minimum absolute atomic E-state index is 0.932. The van der Waals surface area contributed by atoms with Crippen molar-refractivity contribution < 1.29 is 58.2 Å². The van der Waals surface area contributed by atoms with Crippen LogP contribution in [-0.2, 0) is 37.8 Å². The van der Waals surface area contributed by atoms with Gasteiger partial charge in [-0.1, -0.05) is 55.4 Å². The van der Waals surface area contributed by atoms with E-state index in [4.69, 9.17) is 18.6 Å². The summed E-state index contributed by atoms with van der Waals surface area (Å²) in [4.78, 5) is 50.0.